The first kappa shape index (κ1) is 33.5. The van der Waals surface area contributed by atoms with Gasteiger partial charge in [-0.3, -0.25) is 4.90 Å². The molecule has 6 rings (SSSR count). The average Bonchev–Trinajstić information content (AvgIpc) is 3.13. The summed E-state index contributed by atoms with van der Waals surface area (Å²) in [5.74, 6) is 1.51. The number of carbonyl (C=O) groups excluding carboxylic acids is 1. The van der Waals surface area contributed by atoms with E-state index in [0.717, 1.165) is 70.9 Å². The topological polar surface area (TPSA) is 102 Å². The number of amides is 2. The molecule has 9 heteroatoms. The molecular weight excluding hydrogens is 606 g/mol. The highest BCUT2D eigenvalue weighted by molar-refractivity contribution is 5.74. The molecular formula is C39H45N3O6. The number of aliphatic hydroxyl groups excluding tert-OH is 1. The van der Waals surface area contributed by atoms with Gasteiger partial charge < -0.3 is 34.7 Å². The van der Waals surface area contributed by atoms with E-state index in [-0.39, 0.29) is 24.8 Å². The quantitative estimate of drug-likeness (QED) is 0.175. The number of hydrogen-bond donors (Lipinski definition) is 3. The summed E-state index contributed by atoms with van der Waals surface area (Å²) in [7, 11) is 3.35. The lowest BCUT2D eigenvalue weighted by Crippen LogP contribution is -2.41. The maximum absolute atomic E-state index is 12.0. The fraction of sp³-hybridized carbons (Fsp3) is 0.359. The Kier molecular flexibility index (Phi) is 10.9. The molecule has 1 fully saturated rings. The molecule has 0 bridgehead atoms. The number of aliphatic hydroxyl groups is 1. The van der Waals surface area contributed by atoms with E-state index in [1.807, 2.05) is 49.4 Å². The second-order valence-electron chi connectivity index (χ2n) is 12.3. The second kappa shape index (κ2) is 15.7. The summed E-state index contributed by atoms with van der Waals surface area (Å²) in [6, 6.07) is 28.4. The first-order chi connectivity index (χ1) is 23.5. The maximum atomic E-state index is 12.0. The van der Waals surface area contributed by atoms with Crippen molar-refractivity contribution in [3.8, 4) is 22.6 Å². The molecule has 0 radical (unpaired) electrons. The van der Waals surface area contributed by atoms with Crippen molar-refractivity contribution in [1.82, 2.24) is 15.5 Å². The van der Waals surface area contributed by atoms with Gasteiger partial charge in [0, 0.05) is 44.7 Å². The third kappa shape index (κ3) is 7.82. The van der Waals surface area contributed by atoms with E-state index < -0.39 is 6.29 Å². The Morgan fingerprint density at radius 1 is 0.896 bits per heavy atom. The second-order valence-corrected chi connectivity index (χ2v) is 12.3. The highest BCUT2D eigenvalue weighted by Crippen LogP contribution is 2.40. The van der Waals surface area contributed by atoms with Crippen molar-refractivity contribution in [3.63, 3.8) is 0 Å². The minimum Gasteiger partial charge on any atom is -0.493 e. The summed E-state index contributed by atoms with van der Waals surface area (Å²) in [5, 5.41) is 15.3. The predicted molar refractivity (Wildman–Crippen MR) is 185 cm³/mol. The molecule has 2 amide bonds. The van der Waals surface area contributed by atoms with Crippen molar-refractivity contribution in [2.45, 2.75) is 58.0 Å². The molecule has 9 nitrogen and oxygen atoms in total. The third-order valence-corrected chi connectivity index (χ3v) is 9.16. The van der Waals surface area contributed by atoms with E-state index in [0.29, 0.717) is 19.5 Å². The van der Waals surface area contributed by atoms with E-state index in [4.69, 9.17) is 18.9 Å². The Hall–Kier alpha value is -4.41. The van der Waals surface area contributed by atoms with Gasteiger partial charge in [-0.05, 0) is 64.4 Å². The van der Waals surface area contributed by atoms with Crippen LogP contribution in [-0.2, 0) is 35.6 Å². The summed E-state index contributed by atoms with van der Waals surface area (Å²) in [5.41, 5.74) is 8.56. The maximum Gasteiger partial charge on any atom is 0.315 e. The van der Waals surface area contributed by atoms with Gasteiger partial charge in [-0.25, -0.2) is 4.79 Å². The Morgan fingerprint density at radius 2 is 1.60 bits per heavy atom. The van der Waals surface area contributed by atoms with E-state index in [1.54, 1.807) is 14.2 Å². The minimum atomic E-state index is -0.545. The van der Waals surface area contributed by atoms with Gasteiger partial charge >= 0.3 is 6.03 Å². The van der Waals surface area contributed by atoms with Crippen LogP contribution in [0.25, 0.3) is 11.1 Å². The van der Waals surface area contributed by atoms with Crippen LogP contribution in [0.5, 0.6) is 11.5 Å². The summed E-state index contributed by atoms with van der Waals surface area (Å²) >= 11 is 0. The molecule has 48 heavy (non-hydrogen) atoms. The van der Waals surface area contributed by atoms with E-state index >= 15 is 0 Å². The molecule has 3 atom stereocenters. The van der Waals surface area contributed by atoms with Gasteiger partial charge in [0.25, 0.3) is 0 Å². The Morgan fingerprint density at radius 3 is 2.31 bits per heavy atom. The number of urea groups is 1. The zero-order valence-corrected chi connectivity index (χ0v) is 27.9. The number of hydrogen-bond acceptors (Lipinski definition) is 7. The van der Waals surface area contributed by atoms with Crippen LogP contribution in [0.3, 0.4) is 0 Å². The third-order valence-electron chi connectivity index (χ3n) is 9.16. The van der Waals surface area contributed by atoms with Gasteiger partial charge in [0.05, 0.1) is 33.0 Å². The smallest absolute Gasteiger partial charge is 0.315 e. The Labute approximate surface area is 282 Å². The normalized spacial score (nSPS) is 19.3. The number of fused-ring (bicyclic) bond motifs is 1. The molecule has 2 aliphatic rings. The number of ether oxygens (including phenoxy) is 4. The summed E-state index contributed by atoms with van der Waals surface area (Å²) in [6.45, 7) is 5.40. The van der Waals surface area contributed by atoms with Crippen molar-refractivity contribution < 1.29 is 28.8 Å². The Bertz CT molecular complexity index is 1680. The van der Waals surface area contributed by atoms with Crippen LogP contribution in [-0.4, -0.2) is 56.0 Å². The number of rotatable bonds is 11. The van der Waals surface area contributed by atoms with Crippen molar-refractivity contribution in [2.75, 3.05) is 33.9 Å². The predicted octanol–water partition coefficient (Wildman–Crippen LogP) is 6.29. The molecule has 0 aliphatic carbocycles. The first-order valence-corrected chi connectivity index (χ1v) is 16.6. The zero-order valence-electron chi connectivity index (χ0n) is 27.9. The molecule has 4 aromatic rings. The number of carbonyl (C=O) groups is 1. The lowest BCUT2D eigenvalue weighted by atomic mass is 9.96. The molecule has 0 spiro atoms. The molecule has 1 saturated heterocycles. The van der Waals surface area contributed by atoms with Crippen LogP contribution in [0.1, 0.15) is 59.1 Å². The number of nitrogens with zero attached hydrogens (tertiary/aromatic N) is 1. The SMILES string of the molecule is CCNC(=O)NCc1ccccc1-c1ccc([C@H]2O[C@@H](CN3CCc4cc(OC)c(OC)cc4C3)C[C@@H](c3ccc(CO)cc3)O2)cc1. The minimum absolute atomic E-state index is 0.00470. The average molecular weight is 652 g/mol. The van der Waals surface area contributed by atoms with E-state index in [9.17, 15) is 9.90 Å². The van der Waals surface area contributed by atoms with Crippen molar-refractivity contribution in [3.05, 3.63) is 118 Å². The molecule has 2 aliphatic heterocycles. The van der Waals surface area contributed by atoms with Crippen molar-refractivity contribution >= 4 is 6.03 Å². The fourth-order valence-electron chi connectivity index (χ4n) is 6.59. The van der Waals surface area contributed by atoms with Crippen molar-refractivity contribution in [1.29, 1.82) is 0 Å². The highest BCUT2D eigenvalue weighted by Gasteiger charge is 2.34. The zero-order chi connectivity index (χ0) is 33.5. The van der Waals surface area contributed by atoms with Gasteiger partial charge in [0.2, 0.25) is 0 Å². The van der Waals surface area contributed by atoms with Crippen LogP contribution < -0.4 is 20.1 Å². The number of nitrogens with one attached hydrogen (secondary N) is 2. The summed E-state index contributed by atoms with van der Waals surface area (Å²) in [6.07, 6.45) is 0.874. The summed E-state index contributed by atoms with van der Waals surface area (Å²) in [4.78, 5) is 14.5. The van der Waals surface area contributed by atoms with Gasteiger partial charge in [-0.2, -0.15) is 0 Å². The van der Waals surface area contributed by atoms with Crippen LogP contribution >= 0.6 is 0 Å². The van der Waals surface area contributed by atoms with E-state index in [2.05, 4.69) is 58.0 Å². The molecule has 252 valence electrons. The molecule has 0 saturated carbocycles. The molecule has 4 aromatic carbocycles. The number of methoxy groups -OCH3 is 2. The number of benzene rings is 4. The van der Waals surface area contributed by atoms with Crippen molar-refractivity contribution in [2.24, 2.45) is 0 Å². The van der Waals surface area contributed by atoms with Gasteiger partial charge in [0.15, 0.2) is 17.8 Å². The van der Waals surface area contributed by atoms with Gasteiger partial charge in [-0.15, -0.1) is 0 Å². The standard InChI is InChI=1S/C39H45N3O6/c1-4-40-39(44)41-22-31-7-5-6-8-34(31)27-13-15-29(16-14-27)38-47-33(21-35(48-38)28-11-9-26(25-43)10-12-28)24-42-18-17-30-19-36(45-2)37(46-3)20-32(30)23-42/h5-16,19-20,33,35,38,43H,4,17-18,21-25H2,1-3H3,(H2,40,41,44)/t33-,35+,38+/m1/s1. The van der Waals surface area contributed by atoms with E-state index in [1.165, 1.54) is 11.1 Å². The van der Waals surface area contributed by atoms with Crippen LogP contribution in [0.4, 0.5) is 4.79 Å². The lowest BCUT2D eigenvalue weighted by Gasteiger charge is -2.39. The van der Waals surface area contributed by atoms with Crippen LogP contribution in [0.15, 0.2) is 84.9 Å². The van der Waals surface area contributed by atoms with Crippen LogP contribution in [0.2, 0.25) is 0 Å². The molecule has 3 N–H and O–H groups in total. The molecule has 2 heterocycles. The highest BCUT2D eigenvalue weighted by atomic mass is 16.7. The lowest BCUT2D eigenvalue weighted by molar-refractivity contribution is -0.253. The van der Waals surface area contributed by atoms with Gasteiger partial charge in [-0.1, -0.05) is 72.8 Å². The monoisotopic (exact) mass is 651 g/mol. The fourth-order valence-corrected chi connectivity index (χ4v) is 6.59. The first-order valence-electron chi connectivity index (χ1n) is 16.6. The Balaban J connectivity index is 1.20. The molecule has 0 unspecified atom stereocenters. The largest absolute Gasteiger partial charge is 0.493 e. The van der Waals surface area contributed by atoms with Gasteiger partial charge in [0.1, 0.15) is 0 Å². The summed E-state index contributed by atoms with van der Waals surface area (Å²) < 4.78 is 24.4. The molecule has 0 aromatic heterocycles. The van der Waals surface area contributed by atoms with Crippen LogP contribution in [0, 0.1) is 0 Å².